The molecule has 0 heterocycles. The number of nitrogens with zero attached hydrogens (tertiary/aromatic N) is 1. The molecule has 4 nitrogen and oxygen atoms in total. The number of benzene rings is 2. The molecule has 0 N–H and O–H groups in total. The third kappa shape index (κ3) is 5.87. The zero-order valence-electron chi connectivity index (χ0n) is 14.6. The van der Waals surface area contributed by atoms with Crippen molar-refractivity contribution in [3.63, 3.8) is 0 Å². The predicted octanol–water partition coefficient (Wildman–Crippen LogP) is 4.50. The van der Waals surface area contributed by atoms with Crippen LogP contribution in [0, 0.1) is 0 Å². The van der Waals surface area contributed by atoms with Gasteiger partial charge in [-0.15, -0.1) is 11.8 Å². The molecule has 0 bridgehead atoms. The second-order valence-corrected chi connectivity index (χ2v) is 7.08. The number of halogens is 1. The first kappa shape index (κ1) is 19.5. The van der Waals surface area contributed by atoms with Crippen LogP contribution in [0.3, 0.4) is 0 Å². The highest BCUT2D eigenvalue weighted by Gasteiger charge is 2.13. The minimum Gasteiger partial charge on any atom is -0.497 e. The standard InChI is InChI=1S/C19H22ClNO3S/c1-21(13-14-4-7-16(23-2)12-18(14)24-3)19(22)10-11-25-17-8-5-15(20)6-9-17/h4-9,12H,10-11,13H2,1-3H3. The Labute approximate surface area is 158 Å². The number of thioether (sulfide) groups is 1. The fourth-order valence-electron chi connectivity index (χ4n) is 2.30. The lowest BCUT2D eigenvalue weighted by molar-refractivity contribution is -0.129. The van der Waals surface area contributed by atoms with Crippen molar-refractivity contribution in [1.29, 1.82) is 0 Å². The van der Waals surface area contributed by atoms with Gasteiger partial charge in [0.05, 0.1) is 14.2 Å². The fourth-order valence-corrected chi connectivity index (χ4v) is 3.27. The molecule has 0 atom stereocenters. The maximum atomic E-state index is 12.3. The van der Waals surface area contributed by atoms with E-state index in [4.69, 9.17) is 21.1 Å². The van der Waals surface area contributed by atoms with Crippen LogP contribution in [0.2, 0.25) is 5.02 Å². The summed E-state index contributed by atoms with van der Waals surface area (Å²) in [5.74, 6) is 2.27. The number of amides is 1. The van der Waals surface area contributed by atoms with E-state index in [0.717, 1.165) is 27.7 Å². The minimum atomic E-state index is 0.0966. The quantitative estimate of drug-likeness (QED) is 0.633. The van der Waals surface area contributed by atoms with Crippen LogP contribution in [-0.4, -0.2) is 37.8 Å². The first-order chi connectivity index (χ1) is 12.0. The van der Waals surface area contributed by atoms with Crippen LogP contribution in [0.5, 0.6) is 11.5 Å². The Morgan fingerprint density at radius 3 is 2.48 bits per heavy atom. The Hall–Kier alpha value is -1.85. The summed E-state index contributed by atoms with van der Waals surface area (Å²) in [4.78, 5) is 15.2. The second kappa shape index (κ2) is 9.59. The number of rotatable bonds is 8. The Morgan fingerprint density at radius 2 is 1.84 bits per heavy atom. The summed E-state index contributed by atoms with van der Waals surface area (Å²) in [5, 5.41) is 0.716. The van der Waals surface area contributed by atoms with Gasteiger partial charge in [0.25, 0.3) is 0 Å². The largest absolute Gasteiger partial charge is 0.497 e. The van der Waals surface area contributed by atoms with Crippen LogP contribution in [0.25, 0.3) is 0 Å². The molecule has 2 rings (SSSR count). The molecule has 0 radical (unpaired) electrons. The van der Waals surface area contributed by atoms with E-state index in [2.05, 4.69) is 0 Å². The van der Waals surface area contributed by atoms with Gasteiger partial charge in [0.1, 0.15) is 11.5 Å². The topological polar surface area (TPSA) is 38.8 Å². The summed E-state index contributed by atoms with van der Waals surface area (Å²) in [7, 11) is 5.03. The van der Waals surface area contributed by atoms with Crippen molar-refractivity contribution in [3.8, 4) is 11.5 Å². The van der Waals surface area contributed by atoms with Crippen molar-refractivity contribution in [1.82, 2.24) is 4.90 Å². The van der Waals surface area contributed by atoms with E-state index in [9.17, 15) is 4.79 Å². The summed E-state index contributed by atoms with van der Waals surface area (Å²) in [6, 6.07) is 13.2. The van der Waals surface area contributed by atoms with Gasteiger partial charge in [-0.2, -0.15) is 0 Å². The van der Waals surface area contributed by atoms with E-state index in [1.54, 1.807) is 37.9 Å². The molecule has 25 heavy (non-hydrogen) atoms. The van der Waals surface area contributed by atoms with Gasteiger partial charge in [-0.1, -0.05) is 11.6 Å². The highest BCUT2D eigenvalue weighted by Crippen LogP contribution is 2.26. The maximum Gasteiger partial charge on any atom is 0.223 e. The fraction of sp³-hybridized carbons (Fsp3) is 0.316. The van der Waals surface area contributed by atoms with Gasteiger partial charge >= 0.3 is 0 Å². The monoisotopic (exact) mass is 379 g/mol. The van der Waals surface area contributed by atoms with Gasteiger partial charge < -0.3 is 14.4 Å². The lowest BCUT2D eigenvalue weighted by atomic mass is 10.1. The van der Waals surface area contributed by atoms with Crippen molar-refractivity contribution < 1.29 is 14.3 Å². The number of ether oxygens (including phenoxy) is 2. The van der Waals surface area contributed by atoms with E-state index in [-0.39, 0.29) is 5.91 Å². The Morgan fingerprint density at radius 1 is 1.12 bits per heavy atom. The lowest BCUT2D eigenvalue weighted by Gasteiger charge is -2.19. The Balaban J connectivity index is 1.86. The summed E-state index contributed by atoms with van der Waals surface area (Å²) < 4.78 is 10.6. The summed E-state index contributed by atoms with van der Waals surface area (Å²) in [5.41, 5.74) is 0.949. The summed E-state index contributed by atoms with van der Waals surface area (Å²) in [6.45, 7) is 0.498. The third-order valence-electron chi connectivity index (χ3n) is 3.73. The normalized spacial score (nSPS) is 10.4. The van der Waals surface area contributed by atoms with Crippen LogP contribution in [0.15, 0.2) is 47.4 Å². The molecule has 2 aromatic carbocycles. The van der Waals surface area contributed by atoms with Gasteiger partial charge in [0.15, 0.2) is 0 Å². The lowest BCUT2D eigenvalue weighted by Crippen LogP contribution is -2.26. The number of carbonyl (C=O) groups is 1. The molecule has 2 aromatic rings. The molecule has 6 heteroatoms. The molecule has 0 spiro atoms. The highest BCUT2D eigenvalue weighted by molar-refractivity contribution is 7.99. The van der Waals surface area contributed by atoms with Gasteiger partial charge in [-0.3, -0.25) is 4.79 Å². The molecule has 0 aliphatic rings. The molecule has 1 amide bonds. The molecule has 0 aliphatic carbocycles. The van der Waals surface area contributed by atoms with E-state index in [1.165, 1.54) is 0 Å². The first-order valence-electron chi connectivity index (χ1n) is 7.86. The Bertz CT molecular complexity index is 706. The van der Waals surface area contributed by atoms with Crippen molar-refractivity contribution in [3.05, 3.63) is 53.1 Å². The van der Waals surface area contributed by atoms with Crippen molar-refractivity contribution in [2.75, 3.05) is 27.0 Å². The molecule has 0 aromatic heterocycles. The van der Waals surface area contributed by atoms with E-state index in [1.807, 2.05) is 42.5 Å². The molecular weight excluding hydrogens is 358 g/mol. The highest BCUT2D eigenvalue weighted by atomic mass is 35.5. The smallest absolute Gasteiger partial charge is 0.223 e. The van der Waals surface area contributed by atoms with Crippen molar-refractivity contribution in [2.45, 2.75) is 17.9 Å². The van der Waals surface area contributed by atoms with Crippen LogP contribution in [-0.2, 0) is 11.3 Å². The van der Waals surface area contributed by atoms with Gasteiger partial charge in [-0.25, -0.2) is 0 Å². The Kier molecular flexibility index (Phi) is 7.47. The number of carbonyl (C=O) groups excluding carboxylic acids is 1. The van der Waals surface area contributed by atoms with E-state index in [0.29, 0.717) is 18.0 Å². The molecular formula is C19H22ClNO3S. The van der Waals surface area contributed by atoms with Crippen molar-refractivity contribution >= 4 is 29.3 Å². The number of hydrogen-bond acceptors (Lipinski definition) is 4. The van der Waals surface area contributed by atoms with Crippen LogP contribution < -0.4 is 9.47 Å². The van der Waals surface area contributed by atoms with Gasteiger partial charge in [0, 0.05) is 47.3 Å². The second-order valence-electron chi connectivity index (χ2n) is 5.48. The third-order valence-corrected chi connectivity index (χ3v) is 4.99. The van der Waals surface area contributed by atoms with Gasteiger partial charge in [0.2, 0.25) is 5.91 Å². The minimum absolute atomic E-state index is 0.0966. The first-order valence-corrected chi connectivity index (χ1v) is 9.23. The van der Waals surface area contributed by atoms with Crippen LogP contribution in [0.1, 0.15) is 12.0 Å². The average Bonchev–Trinajstić information content (AvgIpc) is 2.63. The molecule has 0 aliphatic heterocycles. The zero-order valence-corrected chi connectivity index (χ0v) is 16.2. The molecule has 0 unspecified atom stereocenters. The van der Waals surface area contributed by atoms with E-state index >= 15 is 0 Å². The molecule has 0 saturated carbocycles. The maximum absolute atomic E-state index is 12.3. The SMILES string of the molecule is COc1ccc(CN(C)C(=O)CCSc2ccc(Cl)cc2)c(OC)c1. The summed E-state index contributed by atoms with van der Waals surface area (Å²) >= 11 is 7.52. The average molecular weight is 380 g/mol. The van der Waals surface area contributed by atoms with Gasteiger partial charge in [-0.05, 0) is 36.4 Å². The van der Waals surface area contributed by atoms with Crippen LogP contribution in [0.4, 0.5) is 0 Å². The zero-order chi connectivity index (χ0) is 18.2. The van der Waals surface area contributed by atoms with Crippen molar-refractivity contribution in [2.24, 2.45) is 0 Å². The summed E-state index contributed by atoms with van der Waals surface area (Å²) in [6.07, 6.45) is 0.474. The molecule has 134 valence electrons. The number of methoxy groups -OCH3 is 2. The predicted molar refractivity (Wildman–Crippen MR) is 103 cm³/mol. The molecule has 0 fully saturated rings. The van der Waals surface area contributed by atoms with Crippen LogP contribution >= 0.6 is 23.4 Å². The molecule has 0 saturated heterocycles. The van der Waals surface area contributed by atoms with E-state index < -0.39 is 0 Å². The number of hydrogen-bond donors (Lipinski definition) is 0.